The predicted octanol–water partition coefficient (Wildman–Crippen LogP) is 1.93. The number of ketones is 1. The molecule has 3 atom stereocenters. The van der Waals surface area contributed by atoms with Crippen LogP contribution in [0.4, 0.5) is 0 Å². The average Bonchev–Trinajstić information content (AvgIpc) is 2.91. The summed E-state index contributed by atoms with van der Waals surface area (Å²) in [5.41, 5.74) is 1.34. The molecule has 130 valence electrons. The summed E-state index contributed by atoms with van der Waals surface area (Å²) in [5.74, 6) is 1.31. The molecule has 0 aromatic heterocycles. The first-order valence-corrected chi connectivity index (χ1v) is 8.27. The molecule has 5 heteroatoms. The quantitative estimate of drug-likeness (QED) is 0.913. The van der Waals surface area contributed by atoms with Crippen molar-refractivity contribution in [2.45, 2.75) is 37.3 Å². The fraction of sp³-hybridized carbons (Fsp3) is 0.526. The molecule has 1 heterocycles. The fourth-order valence-corrected chi connectivity index (χ4v) is 4.23. The number of hydrogen-bond acceptors (Lipinski definition) is 5. The Balaban J connectivity index is 2.16. The average molecular weight is 331 g/mol. The molecular weight excluding hydrogens is 306 g/mol. The lowest BCUT2D eigenvalue weighted by atomic mass is 9.67. The number of Topliss-reactive ketones (excluding diaryl/α,β-unsaturated/α-hetero) is 1. The van der Waals surface area contributed by atoms with Crippen LogP contribution in [0.2, 0.25) is 0 Å². The lowest BCUT2D eigenvalue weighted by Gasteiger charge is -2.41. The predicted molar refractivity (Wildman–Crippen MR) is 91.6 cm³/mol. The fourth-order valence-electron chi connectivity index (χ4n) is 4.23. The van der Waals surface area contributed by atoms with Gasteiger partial charge in [0.2, 0.25) is 0 Å². The first-order valence-electron chi connectivity index (χ1n) is 8.27. The molecule has 0 radical (unpaired) electrons. The van der Waals surface area contributed by atoms with Gasteiger partial charge in [-0.05, 0) is 51.1 Å². The Bertz CT molecular complexity index is 684. The molecule has 5 nitrogen and oxygen atoms in total. The van der Waals surface area contributed by atoms with Gasteiger partial charge in [0.05, 0.1) is 20.3 Å². The monoisotopic (exact) mass is 331 g/mol. The Morgan fingerprint density at radius 1 is 1.29 bits per heavy atom. The Hall–Kier alpha value is -1.85. The summed E-state index contributed by atoms with van der Waals surface area (Å²) in [4.78, 5) is 14.3. The minimum Gasteiger partial charge on any atom is -0.493 e. The van der Waals surface area contributed by atoms with Crippen LogP contribution in [0.25, 0.3) is 0 Å². The van der Waals surface area contributed by atoms with Gasteiger partial charge in [0, 0.05) is 17.0 Å². The second-order valence-corrected chi connectivity index (χ2v) is 6.76. The van der Waals surface area contributed by atoms with Gasteiger partial charge in [-0.1, -0.05) is 12.1 Å². The van der Waals surface area contributed by atoms with E-state index in [2.05, 4.69) is 11.9 Å². The summed E-state index contributed by atoms with van der Waals surface area (Å²) in [5, 5.41) is 10.4. The number of rotatable bonds is 4. The third-order valence-electron chi connectivity index (χ3n) is 5.55. The smallest absolute Gasteiger partial charge is 0.161 e. The van der Waals surface area contributed by atoms with Gasteiger partial charge in [-0.3, -0.25) is 4.79 Å². The number of fused-ring (bicyclic) bond motifs is 1. The number of methoxy groups -OCH3 is 2. The van der Waals surface area contributed by atoms with Gasteiger partial charge in [0.15, 0.2) is 17.3 Å². The largest absolute Gasteiger partial charge is 0.493 e. The zero-order chi connectivity index (χ0) is 17.5. The third kappa shape index (κ3) is 2.52. The second kappa shape index (κ2) is 6.22. The zero-order valence-corrected chi connectivity index (χ0v) is 14.7. The number of ether oxygens (including phenoxy) is 2. The van der Waals surface area contributed by atoms with Gasteiger partial charge in [-0.2, -0.15) is 0 Å². The van der Waals surface area contributed by atoms with Crippen molar-refractivity contribution in [3.05, 3.63) is 35.4 Å². The summed E-state index contributed by atoms with van der Waals surface area (Å²) in [6, 6.07) is 6.11. The van der Waals surface area contributed by atoms with Crippen LogP contribution in [0, 0.1) is 0 Å². The van der Waals surface area contributed by atoms with Crippen molar-refractivity contribution in [2.24, 2.45) is 0 Å². The molecule has 0 unspecified atom stereocenters. The minimum atomic E-state index is -0.693. The van der Waals surface area contributed by atoms with Crippen molar-refractivity contribution in [1.82, 2.24) is 4.90 Å². The Morgan fingerprint density at radius 2 is 2.00 bits per heavy atom. The van der Waals surface area contributed by atoms with E-state index >= 15 is 0 Å². The highest BCUT2D eigenvalue weighted by Crippen LogP contribution is 2.48. The summed E-state index contributed by atoms with van der Waals surface area (Å²) < 4.78 is 10.8. The van der Waals surface area contributed by atoms with Crippen LogP contribution in [0.5, 0.6) is 11.5 Å². The van der Waals surface area contributed by atoms with Crippen LogP contribution < -0.4 is 9.47 Å². The number of aliphatic hydroxyl groups is 1. The van der Waals surface area contributed by atoms with Crippen molar-refractivity contribution in [3.63, 3.8) is 0 Å². The van der Waals surface area contributed by atoms with Crippen LogP contribution in [0.3, 0.4) is 0 Å². The van der Waals surface area contributed by atoms with Gasteiger partial charge in [0.1, 0.15) is 0 Å². The van der Waals surface area contributed by atoms with Gasteiger partial charge >= 0.3 is 0 Å². The second-order valence-electron chi connectivity index (χ2n) is 6.76. The van der Waals surface area contributed by atoms with Crippen molar-refractivity contribution in [2.75, 3.05) is 27.8 Å². The highest BCUT2D eigenvalue weighted by molar-refractivity contribution is 5.95. The normalized spacial score (nSPS) is 29.8. The number of carbonyl (C=O) groups excluding carboxylic acids is 1. The topological polar surface area (TPSA) is 59.0 Å². The molecule has 1 aliphatic carbocycles. The molecule has 1 aromatic rings. The van der Waals surface area contributed by atoms with E-state index in [0.717, 1.165) is 18.5 Å². The van der Waals surface area contributed by atoms with E-state index in [1.165, 1.54) is 6.92 Å². The number of benzene rings is 1. The molecule has 1 aliphatic heterocycles. The molecule has 24 heavy (non-hydrogen) atoms. The van der Waals surface area contributed by atoms with Crippen molar-refractivity contribution >= 4 is 5.78 Å². The Labute approximate surface area is 142 Å². The number of hydrogen-bond donors (Lipinski definition) is 1. The van der Waals surface area contributed by atoms with Crippen molar-refractivity contribution < 1.29 is 19.4 Å². The van der Waals surface area contributed by atoms with E-state index < -0.39 is 6.10 Å². The molecule has 0 bridgehead atoms. The van der Waals surface area contributed by atoms with E-state index in [9.17, 15) is 9.90 Å². The van der Waals surface area contributed by atoms with Gasteiger partial charge in [0.25, 0.3) is 0 Å². The number of likely N-dealkylation sites (tertiary alicyclic amines) is 1. The molecular formula is C19H25NO4. The molecule has 0 saturated carbocycles. The van der Waals surface area contributed by atoms with E-state index in [1.54, 1.807) is 14.2 Å². The highest BCUT2D eigenvalue weighted by Gasteiger charge is 2.50. The van der Waals surface area contributed by atoms with Crippen LogP contribution in [0.1, 0.15) is 25.3 Å². The third-order valence-corrected chi connectivity index (χ3v) is 5.55. The van der Waals surface area contributed by atoms with E-state index in [-0.39, 0.29) is 17.2 Å². The Kier molecular flexibility index (Phi) is 4.40. The Morgan fingerprint density at radius 3 is 2.62 bits per heavy atom. The lowest BCUT2D eigenvalue weighted by Crippen LogP contribution is -2.47. The first kappa shape index (κ1) is 17.0. The molecule has 1 fully saturated rings. The summed E-state index contributed by atoms with van der Waals surface area (Å²) in [6.07, 6.45) is 2.78. The van der Waals surface area contributed by atoms with Crippen LogP contribution in [-0.4, -0.2) is 55.7 Å². The molecule has 1 N–H and O–H groups in total. The van der Waals surface area contributed by atoms with E-state index in [4.69, 9.17) is 9.47 Å². The number of aliphatic hydroxyl groups excluding tert-OH is 1. The maximum Gasteiger partial charge on any atom is 0.161 e. The van der Waals surface area contributed by atoms with Gasteiger partial charge in [-0.15, -0.1) is 0 Å². The zero-order valence-electron chi connectivity index (χ0n) is 14.7. The van der Waals surface area contributed by atoms with E-state index in [0.29, 0.717) is 23.5 Å². The molecule has 1 saturated heterocycles. The van der Waals surface area contributed by atoms with E-state index in [1.807, 2.05) is 24.3 Å². The van der Waals surface area contributed by atoms with Gasteiger partial charge in [-0.25, -0.2) is 0 Å². The first-order chi connectivity index (χ1) is 11.4. The van der Waals surface area contributed by atoms with Crippen LogP contribution in [-0.2, 0) is 10.2 Å². The molecule has 2 aliphatic rings. The molecule has 0 amide bonds. The summed E-state index contributed by atoms with van der Waals surface area (Å²) >= 11 is 0. The maximum absolute atomic E-state index is 12.0. The SMILES string of the molecule is COc1ccc([C@@]23C=C(C(C)=O)[C@@H](O)C[C@@H]2N(C)CC3)cc1OC. The standard InChI is InChI=1S/C19H25NO4/c1-12(21)14-11-19(7-8-20(2)18(19)10-15(14)22)13-5-6-16(23-3)17(9-13)24-4/h5-6,9,11,15,18,22H,7-8,10H2,1-4H3/t15-,18-,19+/m0/s1. The molecule has 3 rings (SSSR count). The lowest BCUT2D eigenvalue weighted by molar-refractivity contribution is -0.114. The number of nitrogens with zero attached hydrogens (tertiary/aromatic N) is 1. The molecule has 0 spiro atoms. The van der Waals surface area contributed by atoms with Crippen molar-refractivity contribution in [3.8, 4) is 11.5 Å². The maximum atomic E-state index is 12.0. The van der Waals surface area contributed by atoms with Crippen LogP contribution in [0.15, 0.2) is 29.8 Å². The van der Waals surface area contributed by atoms with Gasteiger partial charge < -0.3 is 19.5 Å². The minimum absolute atomic E-state index is 0.0599. The molecule has 1 aromatic carbocycles. The number of likely N-dealkylation sites (N-methyl/N-ethyl adjacent to an activating group) is 1. The summed E-state index contributed by atoms with van der Waals surface area (Å²) in [7, 11) is 5.32. The highest BCUT2D eigenvalue weighted by atomic mass is 16.5. The van der Waals surface area contributed by atoms with Crippen molar-refractivity contribution in [1.29, 1.82) is 0 Å². The summed E-state index contributed by atoms with van der Waals surface area (Å²) in [6.45, 7) is 2.45. The van der Waals surface area contributed by atoms with Crippen LogP contribution >= 0.6 is 0 Å². The number of carbonyl (C=O) groups is 1.